The molecule has 0 bridgehead atoms. The van der Waals surface area contributed by atoms with Crippen molar-refractivity contribution in [2.45, 2.75) is 4.90 Å². The molecule has 0 atom stereocenters. The molecule has 0 radical (unpaired) electrons. The van der Waals surface area contributed by atoms with Gasteiger partial charge in [0.25, 0.3) is 0 Å². The lowest BCUT2D eigenvalue weighted by molar-refractivity contribution is 0.416. The minimum absolute atomic E-state index is 0.767. The number of anilines is 2. The van der Waals surface area contributed by atoms with Crippen molar-refractivity contribution in [1.82, 2.24) is 9.97 Å². The molecule has 0 unspecified atom stereocenters. The minimum Gasteiger partial charge on any atom is -0.495 e. The highest BCUT2D eigenvalue weighted by Gasteiger charge is 2.13. The fourth-order valence-electron chi connectivity index (χ4n) is 2.75. The second kappa shape index (κ2) is 6.22. The fourth-order valence-corrected chi connectivity index (χ4v) is 3.61. The summed E-state index contributed by atoms with van der Waals surface area (Å²) in [6.45, 7) is 0. The molecule has 2 N–H and O–H groups in total. The molecule has 3 heterocycles. The smallest absolute Gasteiger partial charge is 0.142 e. The lowest BCUT2D eigenvalue weighted by Gasteiger charge is -2.12. The van der Waals surface area contributed by atoms with E-state index in [-0.39, 0.29) is 0 Å². The number of thiol groups is 1. The quantitative estimate of drug-likeness (QED) is 0.435. The summed E-state index contributed by atoms with van der Waals surface area (Å²) in [5.74, 6) is 0.767. The molecule has 0 aliphatic carbocycles. The number of benzene rings is 1. The van der Waals surface area contributed by atoms with Crippen molar-refractivity contribution in [2.24, 2.45) is 0 Å². The van der Waals surface area contributed by atoms with Crippen molar-refractivity contribution in [2.75, 3.05) is 12.4 Å². The molecule has 4 nitrogen and oxygen atoms in total. The number of thiophene rings is 1. The molecule has 0 fully saturated rings. The zero-order valence-electron chi connectivity index (χ0n) is 12.9. The van der Waals surface area contributed by atoms with Gasteiger partial charge in [-0.3, -0.25) is 0 Å². The van der Waals surface area contributed by atoms with E-state index in [9.17, 15) is 0 Å². The largest absolute Gasteiger partial charge is 0.495 e. The highest BCUT2D eigenvalue weighted by molar-refractivity contribution is 7.80. The maximum absolute atomic E-state index is 5.44. The Hall–Kier alpha value is -2.44. The van der Waals surface area contributed by atoms with E-state index < -0.39 is 0 Å². The van der Waals surface area contributed by atoms with Crippen LogP contribution >= 0.6 is 24.0 Å². The van der Waals surface area contributed by atoms with Crippen molar-refractivity contribution in [3.8, 4) is 16.9 Å². The number of hydrogen-bond donors (Lipinski definition) is 3. The Kier molecular flexibility index (Phi) is 3.92. The molecule has 0 aliphatic heterocycles. The van der Waals surface area contributed by atoms with E-state index in [1.807, 2.05) is 36.7 Å². The van der Waals surface area contributed by atoms with Crippen LogP contribution in [0.3, 0.4) is 0 Å². The van der Waals surface area contributed by atoms with Gasteiger partial charge in [0.1, 0.15) is 11.4 Å². The molecule has 4 aromatic rings. The molecule has 0 saturated carbocycles. The van der Waals surface area contributed by atoms with Gasteiger partial charge in [0.2, 0.25) is 0 Å². The molecule has 120 valence electrons. The van der Waals surface area contributed by atoms with E-state index in [0.29, 0.717) is 0 Å². The number of nitrogens with zero attached hydrogens (tertiary/aromatic N) is 1. The van der Waals surface area contributed by atoms with Crippen LogP contribution in [0.5, 0.6) is 5.75 Å². The van der Waals surface area contributed by atoms with Crippen LogP contribution in [0.1, 0.15) is 0 Å². The molecule has 6 heteroatoms. The summed E-state index contributed by atoms with van der Waals surface area (Å²) in [6.07, 6.45) is 3.75. The predicted molar refractivity (Wildman–Crippen MR) is 103 cm³/mol. The number of rotatable bonds is 4. The molecule has 24 heavy (non-hydrogen) atoms. The lowest BCUT2D eigenvalue weighted by Crippen LogP contribution is -1.94. The second-order valence-electron chi connectivity index (χ2n) is 5.31. The molecule has 0 saturated heterocycles. The van der Waals surface area contributed by atoms with E-state index in [4.69, 9.17) is 4.74 Å². The summed E-state index contributed by atoms with van der Waals surface area (Å²) in [6, 6.07) is 9.90. The third-order valence-corrected chi connectivity index (χ3v) is 4.82. The van der Waals surface area contributed by atoms with Crippen LogP contribution in [0.25, 0.3) is 22.2 Å². The van der Waals surface area contributed by atoms with Crippen LogP contribution in [0.2, 0.25) is 0 Å². The van der Waals surface area contributed by atoms with Crippen LogP contribution in [0.15, 0.2) is 58.4 Å². The lowest BCUT2D eigenvalue weighted by atomic mass is 10.1. The summed E-state index contributed by atoms with van der Waals surface area (Å²) in [7, 11) is 1.66. The molecule has 1 aromatic carbocycles. The molecule has 3 aromatic heterocycles. The zero-order valence-corrected chi connectivity index (χ0v) is 14.6. The number of nitrogens with one attached hydrogen (secondary N) is 2. The van der Waals surface area contributed by atoms with Gasteiger partial charge >= 0.3 is 0 Å². The molecule has 0 amide bonds. The number of H-pyrrole nitrogens is 1. The van der Waals surface area contributed by atoms with Crippen molar-refractivity contribution in [3.63, 3.8) is 0 Å². The van der Waals surface area contributed by atoms with Gasteiger partial charge in [-0.25, -0.2) is 4.98 Å². The van der Waals surface area contributed by atoms with Gasteiger partial charge in [0.05, 0.1) is 23.9 Å². The predicted octanol–water partition coefficient (Wildman–Crippen LogP) is 5.33. The van der Waals surface area contributed by atoms with Gasteiger partial charge in [-0.15, -0.1) is 12.6 Å². The van der Waals surface area contributed by atoms with E-state index in [0.717, 1.165) is 38.6 Å². The average Bonchev–Trinajstić information content (AvgIpc) is 3.25. The maximum Gasteiger partial charge on any atom is 0.142 e. The van der Waals surface area contributed by atoms with Gasteiger partial charge in [-0.1, -0.05) is 0 Å². The number of aromatic nitrogens is 2. The van der Waals surface area contributed by atoms with Crippen molar-refractivity contribution < 1.29 is 4.74 Å². The molecular formula is C18H15N3OS2. The standard InChI is InChI=1S/C18H15N3OS2/c1-22-16-3-2-12(23)8-14(16)21-15-9-20-18-17(15)13(4-6-19-18)11-5-7-24-10-11/h2-10,21,23H,1H3,(H,19,20). The van der Waals surface area contributed by atoms with E-state index in [1.165, 1.54) is 5.56 Å². The first-order chi connectivity index (χ1) is 11.8. The Morgan fingerprint density at radius 1 is 1.21 bits per heavy atom. The Labute approximate surface area is 148 Å². The van der Waals surface area contributed by atoms with Crippen LogP contribution in [0, 0.1) is 0 Å². The molecular weight excluding hydrogens is 338 g/mol. The number of aromatic amines is 1. The van der Waals surface area contributed by atoms with Crippen LogP contribution in [-0.2, 0) is 0 Å². The van der Waals surface area contributed by atoms with E-state index >= 15 is 0 Å². The van der Waals surface area contributed by atoms with E-state index in [1.54, 1.807) is 18.4 Å². The Bertz CT molecular complexity index is 993. The van der Waals surface area contributed by atoms with Crippen molar-refractivity contribution >= 4 is 46.4 Å². The topological polar surface area (TPSA) is 49.9 Å². The average molecular weight is 353 g/mol. The van der Waals surface area contributed by atoms with Gasteiger partial charge in [-0.05, 0) is 52.2 Å². The van der Waals surface area contributed by atoms with Gasteiger partial charge in [0, 0.05) is 17.3 Å². The van der Waals surface area contributed by atoms with Gasteiger partial charge < -0.3 is 15.0 Å². The summed E-state index contributed by atoms with van der Waals surface area (Å²) < 4.78 is 5.44. The number of pyridine rings is 1. The van der Waals surface area contributed by atoms with Crippen molar-refractivity contribution in [3.05, 3.63) is 53.5 Å². The number of hydrogen-bond acceptors (Lipinski definition) is 5. The molecule has 4 rings (SSSR count). The summed E-state index contributed by atoms with van der Waals surface area (Å²) >= 11 is 6.10. The summed E-state index contributed by atoms with van der Waals surface area (Å²) in [5, 5.41) is 8.72. The maximum atomic E-state index is 5.44. The van der Waals surface area contributed by atoms with Crippen LogP contribution in [-0.4, -0.2) is 17.1 Å². The highest BCUT2D eigenvalue weighted by Crippen LogP contribution is 2.37. The van der Waals surface area contributed by atoms with Crippen molar-refractivity contribution in [1.29, 1.82) is 0 Å². The van der Waals surface area contributed by atoms with Gasteiger partial charge in [0.15, 0.2) is 0 Å². The number of fused-ring (bicyclic) bond motifs is 1. The van der Waals surface area contributed by atoms with Gasteiger partial charge in [-0.2, -0.15) is 11.3 Å². The first kappa shape index (κ1) is 15.1. The fraction of sp³-hybridized carbons (Fsp3) is 0.0556. The molecule has 0 aliphatic rings. The van der Waals surface area contributed by atoms with E-state index in [2.05, 4.69) is 44.7 Å². The minimum atomic E-state index is 0.767. The normalized spacial score (nSPS) is 10.9. The first-order valence-electron chi connectivity index (χ1n) is 7.39. The third kappa shape index (κ3) is 2.64. The summed E-state index contributed by atoms with van der Waals surface area (Å²) in [5.41, 5.74) is 5.00. The number of ether oxygens (including phenoxy) is 1. The Morgan fingerprint density at radius 2 is 2.12 bits per heavy atom. The summed E-state index contributed by atoms with van der Waals surface area (Å²) in [4.78, 5) is 8.54. The Morgan fingerprint density at radius 3 is 2.92 bits per heavy atom. The monoisotopic (exact) mass is 353 g/mol. The highest BCUT2D eigenvalue weighted by atomic mass is 32.1. The SMILES string of the molecule is COc1ccc(S)cc1Nc1c[nH]c2nccc(-c3ccsc3)c12. The second-order valence-corrected chi connectivity index (χ2v) is 6.60. The van der Waals surface area contributed by atoms with Crippen LogP contribution < -0.4 is 10.1 Å². The Balaban J connectivity index is 1.85. The first-order valence-corrected chi connectivity index (χ1v) is 8.78. The molecule has 0 spiro atoms. The third-order valence-electron chi connectivity index (χ3n) is 3.86. The number of methoxy groups -OCH3 is 1. The zero-order chi connectivity index (χ0) is 16.5. The van der Waals surface area contributed by atoms with Crippen LogP contribution in [0.4, 0.5) is 11.4 Å².